The van der Waals surface area contributed by atoms with E-state index in [1.807, 2.05) is 13.1 Å². The fourth-order valence-corrected chi connectivity index (χ4v) is 3.19. The third kappa shape index (κ3) is 6.89. The lowest BCUT2D eigenvalue weighted by atomic mass is 9.84. The van der Waals surface area contributed by atoms with Crippen LogP contribution in [-0.2, 0) is 4.74 Å². The second-order valence-electron chi connectivity index (χ2n) is 8.37. The number of rotatable bonds is 8. The van der Waals surface area contributed by atoms with Crippen LogP contribution in [0.3, 0.4) is 0 Å². The minimum absolute atomic E-state index is 0.0160. The third-order valence-corrected chi connectivity index (χ3v) is 7.67. The number of hydrogen-bond donors (Lipinski definition) is 2. The largest absolute Gasteiger partial charge is 0.432 e. The highest BCUT2D eigenvalue weighted by Gasteiger charge is 2.42. The van der Waals surface area contributed by atoms with Gasteiger partial charge in [0.25, 0.3) is 0 Å². The van der Waals surface area contributed by atoms with Crippen molar-refractivity contribution in [2.24, 2.45) is 11.1 Å². The first kappa shape index (κ1) is 19.1. The molecule has 0 heterocycles. The lowest BCUT2D eigenvalue weighted by molar-refractivity contribution is -0.0618. The van der Waals surface area contributed by atoms with E-state index >= 15 is 0 Å². The second kappa shape index (κ2) is 6.25. The maximum absolute atomic E-state index is 10.4. The first-order valence-electron chi connectivity index (χ1n) is 7.29. The van der Waals surface area contributed by atoms with Gasteiger partial charge in [-0.2, -0.15) is 0 Å². The molecular formula is C15H35NO2Si. The van der Waals surface area contributed by atoms with Gasteiger partial charge in [0.05, 0.1) is 12.2 Å². The molecule has 0 aromatic heterocycles. The van der Waals surface area contributed by atoms with Gasteiger partial charge in [-0.1, -0.05) is 27.7 Å². The molecule has 116 valence electrons. The molecule has 0 aromatic carbocycles. The summed E-state index contributed by atoms with van der Waals surface area (Å²) in [5, 5.41) is -0.0160. The van der Waals surface area contributed by atoms with Gasteiger partial charge in [-0.25, -0.2) is 0 Å². The third-order valence-electron chi connectivity index (χ3n) is 4.18. The van der Waals surface area contributed by atoms with Gasteiger partial charge in [0.15, 0.2) is 8.32 Å². The minimum Gasteiger partial charge on any atom is -0.432 e. The molecule has 3 N–H and O–H groups in total. The molecule has 0 spiro atoms. The summed E-state index contributed by atoms with van der Waals surface area (Å²) in [5.41, 5.74) is 5.50. The maximum atomic E-state index is 10.4. The van der Waals surface area contributed by atoms with Crippen LogP contribution in [-0.4, -0.2) is 31.9 Å². The van der Waals surface area contributed by atoms with Gasteiger partial charge in [-0.05, 0) is 56.8 Å². The molecule has 19 heavy (non-hydrogen) atoms. The first-order chi connectivity index (χ1) is 8.22. The van der Waals surface area contributed by atoms with Crippen LogP contribution in [0.1, 0.15) is 54.4 Å². The maximum Gasteiger partial charge on any atom is 0.188 e. The van der Waals surface area contributed by atoms with Crippen molar-refractivity contribution in [3.8, 4) is 0 Å². The SMILES string of the molecule is CC(C)(COC(C)(C)CCN)CC(C)(C)[Si](C)(C)O. The van der Waals surface area contributed by atoms with Gasteiger partial charge in [-0.3, -0.25) is 0 Å². The van der Waals surface area contributed by atoms with E-state index in [2.05, 4.69) is 41.5 Å². The van der Waals surface area contributed by atoms with Gasteiger partial charge in [-0.15, -0.1) is 0 Å². The van der Waals surface area contributed by atoms with Crippen LogP contribution in [0, 0.1) is 5.41 Å². The zero-order valence-corrected chi connectivity index (χ0v) is 15.3. The van der Waals surface area contributed by atoms with E-state index in [0.717, 1.165) is 12.8 Å². The fourth-order valence-electron chi connectivity index (χ4n) is 2.27. The lowest BCUT2D eigenvalue weighted by Crippen LogP contribution is -2.43. The van der Waals surface area contributed by atoms with Crippen LogP contribution in [0.15, 0.2) is 0 Å². The smallest absolute Gasteiger partial charge is 0.188 e. The predicted octanol–water partition coefficient (Wildman–Crippen LogP) is 3.52. The van der Waals surface area contributed by atoms with Crippen LogP contribution < -0.4 is 5.73 Å². The highest BCUT2D eigenvalue weighted by atomic mass is 28.4. The summed E-state index contributed by atoms with van der Waals surface area (Å²) in [4.78, 5) is 10.4. The number of hydrogen-bond acceptors (Lipinski definition) is 3. The Morgan fingerprint density at radius 2 is 1.53 bits per heavy atom. The lowest BCUT2D eigenvalue weighted by Gasteiger charge is -2.42. The van der Waals surface area contributed by atoms with Crippen LogP contribution in [0.25, 0.3) is 0 Å². The van der Waals surface area contributed by atoms with Gasteiger partial charge < -0.3 is 15.3 Å². The summed E-state index contributed by atoms with van der Waals surface area (Å²) in [6, 6.07) is 0. The van der Waals surface area contributed by atoms with E-state index in [1.165, 1.54) is 0 Å². The molecule has 0 aliphatic heterocycles. The predicted molar refractivity (Wildman–Crippen MR) is 85.8 cm³/mol. The van der Waals surface area contributed by atoms with Crippen LogP contribution in [0.2, 0.25) is 18.1 Å². The van der Waals surface area contributed by atoms with Gasteiger partial charge in [0, 0.05) is 0 Å². The Morgan fingerprint density at radius 3 is 1.89 bits per heavy atom. The van der Waals surface area contributed by atoms with Crippen LogP contribution in [0.4, 0.5) is 0 Å². The molecule has 0 radical (unpaired) electrons. The molecule has 0 amide bonds. The van der Waals surface area contributed by atoms with E-state index < -0.39 is 8.32 Å². The molecule has 0 aliphatic carbocycles. The summed E-state index contributed by atoms with van der Waals surface area (Å²) in [7, 11) is -2.16. The summed E-state index contributed by atoms with van der Waals surface area (Å²) >= 11 is 0. The van der Waals surface area contributed by atoms with E-state index in [9.17, 15) is 4.80 Å². The van der Waals surface area contributed by atoms with Crippen LogP contribution in [0.5, 0.6) is 0 Å². The zero-order valence-electron chi connectivity index (χ0n) is 14.3. The average molecular weight is 290 g/mol. The van der Waals surface area contributed by atoms with E-state index in [1.54, 1.807) is 0 Å². The van der Waals surface area contributed by atoms with E-state index in [4.69, 9.17) is 10.5 Å². The van der Waals surface area contributed by atoms with E-state index in [-0.39, 0.29) is 16.1 Å². The summed E-state index contributed by atoms with van der Waals surface area (Å²) in [5.74, 6) is 0. The van der Waals surface area contributed by atoms with Crippen LogP contribution >= 0.6 is 0 Å². The van der Waals surface area contributed by atoms with Gasteiger partial charge in [0.1, 0.15) is 0 Å². The molecule has 0 rings (SSSR count). The Kier molecular flexibility index (Phi) is 6.28. The highest BCUT2D eigenvalue weighted by molar-refractivity contribution is 6.72. The normalized spacial score (nSPS) is 14.8. The minimum atomic E-state index is -2.16. The Labute approximate surface area is 121 Å². The summed E-state index contributed by atoms with van der Waals surface area (Å²) < 4.78 is 6.05. The highest BCUT2D eigenvalue weighted by Crippen LogP contribution is 2.45. The average Bonchev–Trinajstić information content (AvgIpc) is 2.11. The number of ether oxygens (including phenoxy) is 1. The summed E-state index contributed by atoms with van der Waals surface area (Å²) in [6.45, 7) is 18.3. The number of nitrogens with two attached hydrogens (primary N) is 1. The topological polar surface area (TPSA) is 55.5 Å². The molecule has 0 aliphatic rings. The Morgan fingerprint density at radius 1 is 1.05 bits per heavy atom. The van der Waals surface area contributed by atoms with E-state index in [0.29, 0.717) is 13.2 Å². The van der Waals surface area contributed by atoms with Gasteiger partial charge >= 0.3 is 0 Å². The molecule has 0 saturated carbocycles. The summed E-state index contributed by atoms with van der Waals surface area (Å²) in [6.07, 6.45) is 1.83. The van der Waals surface area contributed by atoms with Crippen molar-refractivity contribution in [2.45, 2.75) is 78.1 Å². The fraction of sp³-hybridized carbons (Fsp3) is 1.00. The van der Waals surface area contributed by atoms with Crippen molar-refractivity contribution >= 4 is 8.32 Å². The van der Waals surface area contributed by atoms with Crippen molar-refractivity contribution in [3.63, 3.8) is 0 Å². The van der Waals surface area contributed by atoms with Crippen molar-refractivity contribution < 1.29 is 9.53 Å². The standard InChI is InChI=1S/C15H35NO2Si/c1-13(2,11-15(5,6)19(7,8)17)12-18-14(3,4)9-10-16/h17H,9-12,16H2,1-8H3. The molecule has 0 aromatic rings. The molecule has 0 fully saturated rings. The Hall–Kier alpha value is 0.0969. The molecule has 0 atom stereocenters. The monoisotopic (exact) mass is 289 g/mol. The second-order valence-corrected chi connectivity index (χ2v) is 12.8. The van der Waals surface area contributed by atoms with Gasteiger partial charge in [0.2, 0.25) is 0 Å². The zero-order chi connectivity index (χ0) is 15.5. The molecule has 4 heteroatoms. The first-order valence-corrected chi connectivity index (χ1v) is 10.2. The van der Waals surface area contributed by atoms with Crippen molar-refractivity contribution in [2.75, 3.05) is 13.2 Å². The van der Waals surface area contributed by atoms with Crippen molar-refractivity contribution in [1.29, 1.82) is 0 Å². The quantitative estimate of drug-likeness (QED) is 0.672. The molecule has 3 nitrogen and oxygen atoms in total. The van der Waals surface area contributed by atoms with Crippen molar-refractivity contribution in [1.82, 2.24) is 0 Å². The van der Waals surface area contributed by atoms with Crippen molar-refractivity contribution in [3.05, 3.63) is 0 Å². The molecular weight excluding hydrogens is 254 g/mol. The molecule has 0 bridgehead atoms. The molecule has 0 saturated heterocycles. The molecule has 0 unspecified atom stereocenters. The Bertz CT molecular complexity index is 280. The Balaban J connectivity index is 4.57.